The van der Waals surface area contributed by atoms with E-state index in [9.17, 15) is 4.79 Å². The Balaban J connectivity index is 1.95. The molecular formula is C15H17ClN2O2. The summed E-state index contributed by atoms with van der Waals surface area (Å²) < 4.78 is 5.24. The molecule has 0 unspecified atom stereocenters. The number of benzene rings is 1. The lowest BCUT2D eigenvalue weighted by Crippen LogP contribution is -2.44. The Morgan fingerprint density at radius 2 is 1.95 bits per heavy atom. The van der Waals surface area contributed by atoms with Crippen molar-refractivity contribution in [3.63, 3.8) is 0 Å². The summed E-state index contributed by atoms with van der Waals surface area (Å²) in [7, 11) is 2.11. The van der Waals surface area contributed by atoms with Crippen LogP contribution in [0.4, 0.5) is 0 Å². The number of nitrogens with zero attached hydrogens (tertiary/aromatic N) is 2. The Morgan fingerprint density at radius 3 is 2.65 bits per heavy atom. The van der Waals surface area contributed by atoms with Crippen LogP contribution in [0.1, 0.15) is 5.56 Å². The molecule has 2 aliphatic heterocycles. The molecule has 1 aromatic rings. The number of carbonyl (C=O) groups excluding carboxylic acids is 1. The first-order chi connectivity index (χ1) is 9.65. The zero-order chi connectivity index (χ0) is 14.1. The highest BCUT2D eigenvalue weighted by Crippen LogP contribution is 2.30. The first kappa shape index (κ1) is 13.5. The summed E-state index contributed by atoms with van der Waals surface area (Å²) in [5.74, 6) is -0.249. The highest BCUT2D eigenvalue weighted by atomic mass is 35.5. The Morgan fingerprint density at radius 1 is 1.20 bits per heavy atom. The number of ether oxygens (including phenoxy) is 1. The van der Waals surface area contributed by atoms with Crippen LogP contribution in [0.2, 0.25) is 5.02 Å². The number of esters is 1. The summed E-state index contributed by atoms with van der Waals surface area (Å²) in [5, 5.41) is 0.632. The van der Waals surface area contributed by atoms with Gasteiger partial charge in [0.2, 0.25) is 0 Å². The third kappa shape index (κ3) is 2.53. The van der Waals surface area contributed by atoms with Crippen molar-refractivity contribution in [1.29, 1.82) is 0 Å². The summed E-state index contributed by atoms with van der Waals surface area (Å²) in [6.07, 6.45) is 0. The Labute approximate surface area is 123 Å². The van der Waals surface area contributed by atoms with Crippen LogP contribution in [0.15, 0.2) is 30.0 Å². The molecule has 1 fully saturated rings. The molecule has 2 heterocycles. The van der Waals surface area contributed by atoms with E-state index in [1.807, 2.05) is 18.2 Å². The number of rotatable bonds is 2. The van der Waals surface area contributed by atoms with Gasteiger partial charge in [-0.25, -0.2) is 4.79 Å². The quantitative estimate of drug-likeness (QED) is 0.779. The van der Waals surface area contributed by atoms with Gasteiger partial charge in [-0.1, -0.05) is 23.7 Å². The third-order valence-electron chi connectivity index (χ3n) is 3.83. The van der Waals surface area contributed by atoms with E-state index in [0.29, 0.717) is 17.2 Å². The molecule has 0 aliphatic carbocycles. The summed E-state index contributed by atoms with van der Waals surface area (Å²) in [4.78, 5) is 16.6. The van der Waals surface area contributed by atoms with E-state index in [1.54, 1.807) is 6.07 Å². The molecule has 0 bridgehead atoms. The lowest BCUT2D eigenvalue weighted by Gasteiger charge is -2.34. The minimum atomic E-state index is -0.249. The molecule has 2 aliphatic rings. The van der Waals surface area contributed by atoms with E-state index < -0.39 is 0 Å². The average Bonchev–Trinajstić information content (AvgIpc) is 2.81. The fourth-order valence-electron chi connectivity index (χ4n) is 2.65. The van der Waals surface area contributed by atoms with Crippen molar-refractivity contribution in [2.45, 2.75) is 0 Å². The van der Waals surface area contributed by atoms with Crippen molar-refractivity contribution in [2.24, 2.45) is 0 Å². The monoisotopic (exact) mass is 292 g/mol. The van der Waals surface area contributed by atoms with Crippen LogP contribution in [0, 0.1) is 0 Å². The molecule has 106 valence electrons. The lowest BCUT2D eigenvalue weighted by molar-refractivity contribution is -0.134. The number of hydrogen-bond donors (Lipinski definition) is 0. The number of piperazine rings is 1. The molecule has 0 amide bonds. The predicted octanol–water partition coefficient (Wildman–Crippen LogP) is 1.86. The Bertz CT molecular complexity index is 563. The van der Waals surface area contributed by atoms with Crippen molar-refractivity contribution in [1.82, 2.24) is 9.80 Å². The maximum absolute atomic E-state index is 12.0. The van der Waals surface area contributed by atoms with E-state index in [2.05, 4.69) is 16.8 Å². The molecule has 1 saturated heterocycles. The minimum absolute atomic E-state index is 0.249. The van der Waals surface area contributed by atoms with Crippen molar-refractivity contribution in [3.05, 3.63) is 40.5 Å². The van der Waals surface area contributed by atoms with E-state index in [0.717, 1.165) is 37.4 Å². The summed E-state index contributed by atoms with van der Waals surface area (Å²) in [5.41, 5.74) is 2.50. The molecule has 20 heavy (non-hydrogen) atoms. The number of halogens is 1. The van der Waals surface area contributed by atoms with Crippen LogP contribution in [0.3, 0.4) is 0 Å². The van der Waals surface area contributed by atoms with Gasteiger partial charge in [-0.15, -0.1) is 0 Å². The molecule has 0 N–H and O–H groups in total. The second kappa shape index (κ2) is 5.46. The van der Waals surface area contributed by atoms with Gasteiger partial charge in [0.25, 0.3) is 0 Å². The number of likely N-dealkylation sites (N-methyl/N-ethyl adjacent to an activating group) is 1. The second-order valence-corrected chi connectivity index (χ2v) is 5.63. The van der Waals surface area contributed by atoms with Crippen molar-refractivity contribution >= 4 is 23.1 Å². The maximum atomic E-state index is 12.0. The molecule has 5 heteroatoms. The van der Waals surface area contributed by atoms with Gasteiger partial charge in [0.15, 0.2) is 0 Å². The summed E-state index contributed by atoms with van der Waals surface area (Å²) in [6, 6.07) is 7.39. The van der Waals surface area contributed by atoms with Crippen LogP contribution in [0.5, 0.6) is 0 Å². The molecule has 0 radical (unpaired) electrons. The van der Waals surface area contributed by atoms with Gasteiger partial charge in [-0.05, 0) is 24.7 Å². The normalized spacial score (nSPS) is 20.5. The van der Waals surface area contributed by atoms with E-state index in [1.165, 1.54) is 0 Å². The first-order valence-corrected chi connectivity index (χ1v) is 7.12. The minimum Gasteiger partial charge on any atom is -0.456 e. The van der Waals surface area contributed by atoms with E-state index >= 15 is 0 Å². The van der Waals surface area contributed by atoms with Crippen molar-refractivity contribution < 1.29 is 9.53 Å². The van der Waals surface area contributed by atoms with Crippen LogP contribution < -0.4 is 0 Å². The van der Waals surface area contributed by atoms with Gasteiger partial charge in [0.05, 0.1) is 11.3 Å². The second-order valence-electron chi connectivity index (χ2n) is 5.20. The van der Waals surface area contributed by atoms with Gasteiger partial charge in [0, 0.05) is 31.2 Å². The average molecular weight is 293 g/mol. The first-order valence-electron chi connectivity index (χ1n) is 6.75. The fourth-order valence-corrected chi connectivity index (χ4v) is 2.84. The third-order valence-corrected chi connectivity index (χ3v) is 4.07. The largest absolute Gasteiger partial charge is 0.456 e. The van der Waals surface area contributed by atoms with Crippen LogP contribution in [0.25, 0.3) is 5.57 Å². The van der Waals surface area contributed by atoms with Crippen LogP contribution in [-0.4, -0.2) is 55.6 Å². The zero-order valence-electron chi connectivity index (χ0n) is 11.4. The lowest BCUT2D eigenvalue weighted by atomic mass is 10.0. The number of cyclic esters (lactones) is 1. The van der Waals surface area contributed by atoms with E-state index in [-0.39, 0.29) is 5.97 Å². The molecule has 3 rings (SSSR count). The molecule has 4 nitrogen and oxygen atoms in total. The standard InChI is InChI=1S/C15H17ClN2O2/c1-17-5-7-18(8-6-17)13-10-20-15(19)14(13)11-3-2-4-12(16)9-11/h2-4,9H,5-8,10H2,1H3. The molecule has 1 aromatic carbocycles. The summed E-state index contributed by atoms with van der Waals surface area (Å²) in [6.45, 7) is 4.21. The highest BCUT2D eigenvalue weighted by Gasteiger charge is 2.31. The molecule has 0 atom stereocenters. The van der Waals surface area contributed by atoms with Crippen LogP contribution >= 0.6 is 11.6 Å². The predicted molar refractivity (Wildman–Crippen MR) is 78.4 cm³/mol. The Kier molecular flexibility index (Phi) is 3.68. The van der Waals surface area contributed by atoms with Gasteiger partial charge in [-0.3, -0.25) is 0 Å². The summed E-state index contributed by atoms with van der Waals surface area (Å²) >= 11 is 6.03. The number of carbonyl (C=O) groups is 1. The topological polar surface area (TPSA) is 32.8 Å². The molecule has 0 saturated carbocycles. The highest BCUT2D eigenvalue weighted by molar-refractivity contribution is 6.31. The van der Waals surface area contributed by atoms with Crippen molar-refractivity contribution in [3.8, 4) is 0 Å². The fraction of sp³-hybridized carbons (Fsp3) is 0.400. The van der Waals surface area contributed by atoms with Gasteiger partial charge < -0.3 is 14.5 Å². The number of hydrogen-bond acceptors (Lipinski definition) is 4. The van der Waals surface area contributed by atoms with Gasteiger partial charge in [0.1, 0.15) is 6.61 Å². The Hall–Kier alpha value is -1.52. The van der Waals surface area contributed by atoms with Gasteiger partial charge >= 0.3 is 5.97 Å². The molecular weight excluding hydrogens is 276 g/mol. The molecule has 0 aromatic heterocycles. The van der Waals surface area contributed by atoms with Crippen molar-refractivity contribution in [2.75, 3.05) is 39.8 Å². The van der Waals surface area contributed by atoms with Gasteiger partial charge in [-0.2, -0.15) is 0 Å². The zero-order valence-corrected chi connectivity index (χ0v) is 12.2. The van der Waals surface area contributed by atoms with Crippen LogP contribution in [-0.2, 0) is 9.53 Å². The molecule has 0 spiro atoms. The maximum Gasteiger partial charge on any atom is 0.341 e. The van der Waals surface area contributed by atoms with E-state index in [4.69, 9.17) is 16.3 Å². The smallest absolute Gasteiger partial charge is 0.341 e. The SMILES string of the molecule is CN1CCN(C2=C(c3cccc(Cl)c3)C(=O)OC2)CC1.